The standard InChI is InChI=1S/C26H24ClN3O3/c1-33-23-11-12-24-19(16-23)15-20(25(31)29-24)17-30(14-13-18-5-3-2-4-6-18)26(32)28-22-9-7-21(27)8-10-22/h2-12,15-16H,13-14,17H2,1H3,(H,28,32)(H,29,31). The van der Waals surface area contributed by atoms with Crippen molar-refractivity contribution in [3.05, 3.63) is 105 Å². The first-order chi connectivity index (χ1) is 16.0. The molecule has 2 N–H and O–H groups in total. The number of amides is 2. The molecule has 0 aliphatic carbocycles. The summed E-state index contributed by atoms with van der Waals surface area (Å²) in [5.74, 6) is 0.696. The number of benzene rings is 3. The number of urea groups is 1. The summed E-state index contributed by atoms with van der Waals surface area (Å²) in [6.07, 6.45) is 0.661. The predicted octanol–water partition coefficient (Wildman–Crippen LogP) is 5.47. The van der Waals surface area contributed by atoms with Gasteiger partial charge in [0.05, 0.1) is 13.7 Å². The highest BCUT2D eigenvalue weighted by atomic mass is 35.5. The van der Waals surface area contributed by atoms with E-state index in [1.54, 1.807) is 48.4 Å². The molecule has 0 saturated heterocycles. The molecule has 0 saturated carbocycles. The number of methoxy groups -OCH3 is 1. The molecule has 0 bridgehead atoms. The van der Waals surface area contributed by atoms with E-state index in [4.69, 9.17) is 16.3 Å². The molecule has 33 heavy (non-hydrogen) atoms. The van der Waals surface area contributed by atoms with Gasteiger partial charge in [0.15, 0.2) is 0 Å². The monoisotopic (exact) mass is 461 g/mol. The highest BCUT2D eigenvalue weighted by Crippen LogP contribution is 2.20. The van der Waals surface area contributed by atoms with Gasteiger partial charge in [-0.05, 0) is 60.5 Å². The van der Waals surface area contributed by atoms with Crippen molar-refractivity contribution in [3.8, 4) is 5.75 Å². The van der Waals surface area contributed by atoms with E-state index in [0.717, 1.165) is 10.9 Å². The Bertz CT molecular complexity index is 1300. The molecular weight excluding hydrogens is 438 g/mol. The predicted molar refractivity (Wildman–Crippen MR) is 132 cm³/mol. The summed E-state index contributed by atoms with van der Waals surface area (Å²) in [5.41, 5.74) is 2.72. The minimum Gasteiger partial charge on any atom is -0.497 e. The third kappa shape index (κ3) is 5.73. The number of hydrogen-bond donors (Lipinski definition) is 2. The normalized spacial score (nSPS) is 10.7. The van der Waals surface area contributed by atoms with Gasteiger partial charge in [0.25, 0.3) is 5.56 Å². The molecule has 1 heterocycles. The zero-order chi connectivity index (χ0) is 23.2. The number of carbonyl (C=O) groups excluding carboxylic acids is 1. The molecule has 1 aromatic heterocycles. The zero-order valence-electron chi connectivity index (χ0n) is 18.2. The molecule has 0 aliphatic rings. The number of nitrogens with zero attached hydrogens (tertiary/aromatic N) is 1. The van der Waals surface area contributed by atoms with Crippen molar-refractivity contribution < 1.29 is 9.53 Å². The molecule has 0 aliphatic heterocycles. The number of nitrogens with one attached hydrogen (secondary N) is 2. The molecule has 7 heteroatoms. The van der Waals surface area contributed by atoms with E-state index >= 15 is 0 Å². The van der Waals surface area contributed by atoms with Crippen LogP contribution in [-0.4, -0.2) is 29.6 Å². The number of H-pyrrole nitrogens is 1. The summed E-state index contributed by atoms with van der Waals surface area (Å²) in [6.45, 7) is 0.605. The molecule has 0 unspecified atom stereocenters. The van der Waals surface area contributed by atoms with E-state index in [1.807, 2.05) is 42.5 Å². The number of anilines is 1. The highest BCUT2D eigenvalue weighted by Gasteiger charge is 2.17. The van der Waals surface area contributed by atoms with Gasteiger partial charge in [-0.15, -0.1) is 0 Å². The lowest BCUT2D eigenvalue weighted by Crippen LogP contribution is -2.37. The van der Waals surface area contributed by atoms with Crippen molar-refractivity contribution in [1.29, 1.82) is 0 Å². The van der Waals surface area contributed by atoms with Gasteiger partial charge in [-0.2, -0.15) is 0 Å². The first-order valence-electron chi connectivity index (χ1n) is 10.6. The average Bonchev–Trinajstić information content (AvgIpc) is 2.83. The summed E-state index contributed by atoms with van der Waals surface area (Å²) in [4.78, 5) is 30.4. The van der Waals surface area contributed by atoms with Crippen LogP contribution in [0.3, 0.4) is 0 Å². The fourth-order valence-corrected chi connectivity index (χ4v) is 3.70. The van der Waals surface area contributed by atoms with Crippen LogP contribution in [0.15, 0.2) is 83.7 Å². The fraction of sp³-hybridized carbons (Fsp3) is 0.154. The van der Waals surface area contributed by atoms with Crippen molar-refractivity contribution in [2.45, 2.75) is 13.0 Å². The molecule has 0 fully saturated rings. The first-order valence-corrected chi connectivity index (χ1v) is 10.9. The van der Waals surface area contributed by atoms with E-state index < -0.39 is 0 Å². The van der Waals surface area contributed by atoms with Gasteiger partial charge in [0.2, 0.25) is 0 Å². The first kappa shape index (κ1) is 22.4. The molecule has 4 rings (SSSR count). The molecule has 3 aromatic carbocycles. The average molecular weight is 462 g/mol. The van der Waals surface area contributed by atoms with Gasteiger partial charge in [-0.25, -0.2) is 4.79 Å². The van der Waals surface area contributed by atoms with Crippen molar-refractivity contribution in [3.63, 3.8) is 0 Å². The SMILES string of the molecule is COc1ccc2[nH]c(=O)c(CN(CCc3ccccc3)C(=O)Nc3ccc(Cl)cc3)cc2c1. The lowest BCUT2D eigenvalue weighted by Gasteiger charge is -2.23. The van der Waals surface area contributed by atoms with Gasteiger partial charge < -0.3 is 19.9 Å². The maximum atomic E-state index is 13.1. The number of carbonyl (C=O) groups is 1. The lowest BCUT2D eigenvalue weighted by atomic mass is 10.1. The van der Waals surface area contributed by atoms with Gasteiger partial charge in [0.1, 0.15) is 5.75 Å². The largest absolute Gasteiger partial charge is 0.497 e. The maximum Gasteiger partial charge on any atom is 0.322 e. The van der Waals surface area contributed by atoms with Crippen LogP contribution >= 0.6 is 11.6 Å². The summed E-state index contributed by atoms with van der Waals surface area (Å²) >= 11 is 5.95. The van der Waals surface area contributed by atoms with Crippen LogP contribution in [0, 0.1) is 0 Å². The van der Waals surface area contributed by atoms with Gasteiger partial charge >= 0.3 is 6.03 Å². The van der Waals surface area contributed by atoms with Gasteiger partial charge in [-0.3, -0.25) is 4.79 Å². The summed E-state index contributed by atoms with van der Waals surface area (Å²) in [5, 5.41) is 4.32. The number of fused-ring (bicyclic) bond motifs is 1. The number of aromatic nitrogens is 1. The summed E-state index contributed by atoms with van der Waals surface area (Å²) in [6, 6.07) is 23.8. The third-order valence-corrected chi connectivity index (χ3v) is 5.64. The molecule has 4 aromatic rings. The third-order valence-electron chi connectivity index (χ3n) is 5.39. The maximum absolute atomic E-state index is 13.1. The number of ether oxygens (including phenoxy) is 1. The number of rotatable bonds is 7. The quantitative estimate of drug-likeness (QED) is 0.383. The molecule has 168 valence electrons. The van der Waals surface area contributed by atoms with Crippen LogP contribution in [0.1, 0.15) is 11.1 Å². The Morgan fingerprint density at radius 1 is 1.03 bits per heavy atom. The van der Waals surface area contributed by atoms with E-state index in [1.165, 1.54) is 0 Å². The smallest absolute Gasteiger partial charge is 0.322 e. The molecule has 0 atom stereocenters. The molecular formula is C26H24ClN3O3. The Balaban J connectivity index is 1.60. The molecule has 2 amide bonds. The second kappa shape index (κ2) is 10.2. The van der Waals surface area contributed by atoms with Crippen LogP contribution in [0.25, 0.3) is 10.9 Å². The van der Waals surface area contributed by atoms with Crippen LogP contribution in [0.5, 0.6) is 5.75 Å². The fourth-order valence-electron chi connectivity index (χ4n) is 3.58. The molecule has 0 radical (unpaired) electrons. The topological polar surface area (TPSA) is 74.4 Å². The number of hydrogen-bond acceptors (Lipinski definition) is 3. The van der Waals surface area contributed by atoms with Gasteiger partial charge in [0, 0.05) is 33.7 Å². The second-order valence-corrected chi connectivity index (χ2v) is 8.11. The Hall–Kier alpha value is -3.77. The molecule has 6 nitrogen and oxygen atoms in total. The van der Waals surface area contributed by atoms with E-state index in [2.05, 4.69) is 10.3 Å². The zero-order valence-corrected chi connectivity index (χ0v) is 18.9. The van der Waals surface area contributed by atoms with Crippen molar-refractivity contribution in [2.24, 2.45) is 0 Å². The Morgan fingerprint density at radius 3 is 2.52 bits per heavy atom. The minimum atomic E-state index is -0.293. The van der Waals surface area contributed by atoms with Gasteiger partial charge in [-0.1, -0.05) is 41.9 Å². The van der Waals surface area contributed by atoms with Crippen LogP contribution < -0.4 is 15.6 Å². The van der Waals surface area contributed by atoms with Crippen LogP contribution in [0.2, 0.25) is 5.02 Å². The van der Waals surface area contributed by atoms with Crippen molar-refractivity contribution in [2.75, 3.05) is 19.0 Å². The Kier molecular flexibility index (Phi) is 6.95. The summed E-state index contributed by atoms with van der Waals surface area (Å²) < 4.78 is 5.30. The number of halogens is 1. The van der Waals surface area contributed by atoms with Crippen molar-refractivity contribution in [1.82, 2.24) is 9.88 Å². The minimum absolute atomic E-state index is 0.161. The van der Waals surface area contributed by atoms with E-state index in [-0.39, 0.29) is 18.1 Å². The highest BCUT2D eigenvalue weighted by molar-refractivity contribution is 6.30. The Labute approximate surface area is 196 Å². The lowest BCUT2D eigenvalue weighted by molar-refractivity contribution is 0.209. The van der Waals surface area contributed by atoms with Crippen molar-refractivity contribution >= 4 is 34.2 Å². The Morgan fingerprint density at radius 2 is 1.79 bits per heavy atom. The van der Waals surface area contributed by atoms with Crippen LogP contribution in [0.4, 0.5) is 10.5 Å². The molecule has 0 spiro atoms. The number of aromatic amines is 1. The summed E-state index contributed by atoms with van der Waals surface area (Å²) in [7, 11) is 1.60. The van der Waals surface area contributed by atoms with E-state index in [0.29, 0.717) is 40.5 Å². The van der Waals surface area contributed by atoms with E-state index in [9.17, 15) is 9.59 Å². The number of pyridine rings is 1. The van der Waals surface area contributed by atoms with Crippen LogP contribution in [-0.2, 0) is 13.0 Å². The second-order valence-electron chi connectivity index (χ2n) is 7.67.